The zero-order valence-corrected chi connectivity index (χ0v) is 23.0. The number of carbonyl (C=O) groups is 1. The molecule has 1 aliphatic carbocycles. The number of nitrogens with zero attached hydrogens (tertiary/aromatic N) is 3. The summed E-state index contributed by atoms with van der Waals surface area (Å²) in [6, 6.07) is 8.72. The molecule has 1 aliphatic heterocycles. The lowest BCUT2D eigenvalue weighted by molar-refractivity contribution is -0.384. The number of thiazole rings is 1. The topological polar surface area (TPSA) is 122 Å². The second-order valence-corrected chi connectivity index (χ2v) is 11.2. The predicted octanol–water partition coefficient (Wildman–Crippen LogP) is 3.54. The molecule has 0 saturated heterocycles. The summed E-state index contributed by atoms with van der Waals surface area (Å²) >= 11 is 1.21. The van der Waals surface area contributed by atoms with Gasteiger partial charge in [0, 0.05) is 24.1 Å². The maximum absolute atomic E-state index is 13.9. The minimum absolute atomic E-state index is 0.0372. The predicted molar refractivity (Wildman–Crippen MR) is 145 cm³/mol. The molecule has 2 aliphatic rings. The van der Waals surface area contributed by atoms with Gasteiger partial charge in [0.25, 0.3) is 11.2 Å². The van der Waals surface area contributed by atoms with Gasteiger partial charge in [0.05, 0.1) is 42.5 Å². The molecule has 10 nitrogen and oxygen atoms in total. The standard InChI is InChI=1S/C28H27N3O7S/c1-28(2)13-18-23(19(32)14-28)24(16-11-20(36-3)25(38-5)21(12-16)37-4)30-26(33)22(39-27(30)29-18)10-15-6-8-17(9-7-15)31(34)35/h6-12,24H,13-14H2,1-5H3. The number of rotatable bonds is 6. The molecule has 39 heavy (non-hydrogen) atoms. The van der Waals surface area contributed by atoms with Gasteiger partial charge >= 0.3 is 0 Å². The number of allylic oxidation sites excluding steroid dienone is 2. The smallest absolute Gasteiger partial charge is 0.271 e. The highest BCUT2D eigenvalue weighted by Crippen LogP contribution is 2.46. The molecule has 202 valence electrons. The third-order valence-electron chi connectivity index (χ3n) is 6.90. The molecule has 1 unspecified atom stereocenters. The van der Waals surface area contributed by atoms with Crippen molar-refractivity contribution in [3.8, 4) is 17.2 Å². The Morgan fingerprint density at radius 2 is 1.69 bits per heavy atom. The number of ether oxygens (including phenoxy) is 3. The van der Waals surface area contributed by atoms with Crippen molar-refractivity contribution in [3.05, 3.63) is 88.6 Å². The lowest BCUT2D eigenvalue weighted by Gasteiger charge is -2.35. The number of hydrogen-bond donors (Lipinski definition) is 0. The number of methoxy groups -OCH3 is 3. The zero-order valence-electron chi connectivity index (χ0n) is 22.1. The van der Waals surface area contributed by atoms with Gasteiger partial charge in [0.1, 0.15) is 0 Å². The van der Waals surface area contributed by atoms with Crippen molar-refractivity contribution < 1.29 is 23.9 Å². The van der Waals surface area contributed by atoms with Crippen LogP contribution in [0.2, 0.25) is 0 Å². The molecule has 1 atom stereocenters. The van der Waals surface area contributed by atoms with Gasteiger partial charge in [-0.05, 0) is 53.3 Å². The fourth-order valence-corrected chi connectivity index (χ4v) is 6.19. The van der Waals surface area contributed by atoms with Crippen LogP contribution in [0.1, 0.15) is 43.9 Å². The van der Waals surface area contributed by atoms with Crippen LogP contribution in [-0.4, -0.2) is 36.6 Å². The van der Waals surface area contributed by atoms with Crippen molar-refractivity contribution in [2.75, 3.05) is 21.3 Å². The number of aromatic nitrogens is 1. The largest absolute Gasteiger partial charge is 0.493 e. The summed E-state index contributed by atoms with van der Waals surface area (Å²) in [5, 5.41) is 11.0. The number of Topliss-reactive ketones (excluding diaryl/α,β-unsaturated/α-hetero) is 1. The monoisotopic (exact) mass is 549 g/mol. The third-order valence-corrected chi connectivity index (χ3v) is 7.88. The number of carbonyl (C=O) groups excluding carboxylic acids is 1. The Labute approximate surface area is 227 Å². The lowest BCUT2D eigenvalue weighted by Crippen LogP contribution is -2.42. The second-order valence-electron chi connectivity index (χ2n) is 10.2. The molecule has 5 rings (SSSR count). The first-order valence-corrected chi connectivity index (χ1v) is 13.0. The van der Waals surface area contributed by atoms with Crippen LogP contribution in [0.25, 0.3) is 6.08 Å². The van der Waals surface area contributed by atoms with E-state index in [-0.39, 0.29) is 22.4 Å². The molecule has 2 aromatic carbocycles. The quantitative estimate of drug-likeness (QED) is 0.340. The summed E-state index contributed by atoms with van der Waals surface area (Å²) in [6.45, 7) is 4.06. The molecule has 0 amide bonds. The number of hydrogen-bond acceptors (Lipinski definition) is 9. The summed E-state index contributed by atoms with van der Waals surface area (Å²) in [5.74, 6) is 1.15. The summed E-state index contributed by atoms with van der Waals surface area (Å²) in [4.78, 5) is 43.3. The summed E-state index contributed by atoms with van der Waals surface area (Å²) in [5.41, 5.74) is 1.78. The number of ketones is 1. The molecule has 0 bridgehead atoms. The van der Waals surface area contributed by atoms with Gasteiger partial charge in [-0.25, -0.2) is 4.99 Å². The van der Waals surface area contributed by atoms with Crippen molar-refractivity contribution in [1.82, 2.24) is 4.57 Å². The number of nitro groups is 1. The van der Waals surface area contributed by atoms with Crippen molar-refractivity contribution in [1.29, 1.82) is 0 Å². The van der Waals surface area contributed by atoms with E-state index in [0.29, 0.717) is 61.8 Å². The van der Waals surface area contributed by atoms with Crippen LogP contribution >= 0.6 is 11.3 Å². The summed E-state index contributed by atoms with van der Waals surface area (Å²) in [7, 11) is 4.53. The number of non-ortho nitro benzene ring substituents is 1. The van der Waals surface area contributed by atoms with Crippen LogP contribution < -0.4 is 29.1 Å². The highest BCUT2D eigenvalue weighted by molar-refractivity contribution is 7.07. The van der Waals surface area contributed by atoms with Gasteiger partial charge in [0.2, 0.25) is 5.75 Å². The maximum atomic E-state index is 13.9. The third kappa shape index (κ3) is 4.63. The van der Waals surface area contributed by atoms with E-state index in [0.717, 1.165) is 0 Å². The van der Waals surface area contributed by atoms with Gasteiger partial charge in [-0.15, -0.1) is 0 Å². The SMILES string of the molecule is COc1cc(C2C3=C(CC(C)(C)CC3=O)N=c3sc(=Cc4ccc([N+](=O)[O-])cc4)c(=O)n32)cc(OC)c1OC. The molecule has 1 aromatic heterocycles. The second kappa shape index (κ2) is 9.81. The van der Waals surface area contributed by atoms with E-state index in [1.165, 1.54) is 49.4 Å². The van der Waals surface area contributed by atoms with Crippen molar-refractivity contribution >= 4 is 28.9 Å². The van der Waals surface area contributed by atoms with Crippen LogP contribution in [-0.2, 0) is 4.79 Å². The molecule has 2 heterocycles. The van der Waals surface area contributed by atoms with E-state index < -0.39 is 11.0 Å². The number of benzene rings is 2. The zero-order chi connectivity index (χ0) is 28.1. The van der Waals surface area contributed by atoms with Crippen molar-refractivity contribution in [2.24, 2.45) is 10.4 Å². The Balaban J connectivity index is 1.76. The van der Waals surface area contributed by atoms with Gasteiger partial charge in [-0.2, -0.15) is 0 Å². The van der Waals surface area contributed by atoms with E-state index in [4.69, 9.17) is 19.2 Å². The molecule has 0 radical (unpaired) electrons. The van der Waals surface area contributed by atoms with Crippen LogP contribution in [0.3, 0.4) is 0 Å². The van der Waals surface area contributed by atoms with Crippen LogP contribution in [0.15, 0.2) is 57.5 Å². The Morgan fingerprint density at radius 3 is 2.26 bits per heavy atom. The fraction of sp³-hybridized carbons (Fsp3) is 0.321. The molecule has 0 spiro atoms. The highest BCUT2D eigenvalue weighted by Gasteiger charge is 2.41. The Kier molecular flexibility index (Phi) is 6.63. The normalized spacial score (nSPS) is 18.2. The van der Waals surface area contributed by atoms with Gasteiger partial charge in [-0.1, -0.05) is 25.2 Å². The number of fused-ring (bicyclic) bond motifs is 1. The Morgan fingerprint density at radius 1 is 1.05 bits per heavy atom. The Bertz CT molecular complexity index is 1690. The van der Waals surface area contributed by atoms with E-state index in [1.54, 1.807) is 30.3 Å². The van der Waals surface area contributed by atoms with Crippen LogP contribution in [0.5, 0.6) is 17.2 Å². The summed E-state index contributed by atoms with van der Waals surface area (Å²) < 4.78 is 18.5. The molecule has 0 saturated carbocycles. The summed E-state index contributed by atoms with van der Waals surface area (Å²) in [6.07, 6.45) is 2.59. The first kappa shape index (κ1) is 26.4. The fourth-order valence-electron chi connectivity index (χ4n) is 5.17. The van der Waals surface area contributed by atoms with E-state index in [1.807, 2.05) is 13.8 Å². The molecule has 0 N–H and O–H groups in total. The molecule has 11 heteroatoms. The molecular formula is C28H27N3O7S. The Hall–Kier alpha value is -4.25. The van der Waals surface area contributed by atoms with Gasteiger partial charge in [0.15, 0.2) is 22.1 Å². The van der Waals surface area contributed by atoms with E-state index in [9.17, 15) is 19.7 Å². The van der Waals surface area contributed by atoms with Crippen molar-refractivity contribution in [2.45, 2.75) is 32.7 Å². The lowest BCUT2D eigenvalue weighted by atomic mass is 9.73. The molecular weight excluding hydrogens is 522 g/mol. The molecule has 3 aromatic rings. The average molecular weight is 550 g/mol. The van der Waals surface area contributed by atoms with E-state index >= 15 is 0 Å². The van der Waals surface area contributed by atoms with Gasteiger partial charge in [-0.3, -0.25) is 24.3 Å². The van der Waals surface area contributed by atoms with Crippen LogP contribution in [0, 0.1) is 15.5 Å². The number of nitro benzene ring substituents is 1. The van der Waals surface area contributed by atoms with E-state index in [2.05, 4.69) is 0 Å². The first-order valence-electron chi connectivity index (χ1n) is 12.2. The minimum Gasteiger partial charge on any atom is -0.493 e. The van der Waals surface area contributed by atoms with Gasteiger partial charge < -0.3 is 14.2 Å². The maximum Gasteiger partial charge on any atom is 0.271 e. The molecule has 0 fully saturated rings. The first-order chi connectivity index (χ1) is 18.6. The highest BCUT2D eigenvalue weighted by atomic mass is 32.1. The minimum atomic E-state index is -0.743. The van der Waals surface area contributed by atoms with Crippen molar-refractivity contribution in [3.63, 3.8) is 0 Å². The van der Waals surface area contributed by atoms with Crippen LogP contribution in [0.4, 0.5) is 5.69 Å². The average Bonchev–Trinajstić information content (AvgIpc) is 3.20.